The minimum absolute atomic E-state index is 0.156. The molecule has 0 amide bonds. The van der Waals surface area contributed by atoms with Gasteiger partial charge in [0.25, 0.3) is 0 Å². The van der Waals surface area contributed by atoms with Crippen LogP contribution in [0.1, 0.15) is 18.2 Å². The van der Waals surface area contributed by atoms with E-state index in [4.69, 9.17) is 11.5 Å². The van der Waals surface area contributed by atoms with Crippen molar-refractivity contribution in [1.82, 2.24) is 19.5 Å². The largest absolute Gasteiger partial charge is 0.395 e. The van der Waals surface area contributed by atoms with Crippen LogP contribution in [-0.2, 0) is 0 Å². The number of anilines is 2. The second-order valence-corrected chi connectivity index (χ2v) is 5.75. The minimum Gasteiger partial charge on any atom is -0.395 e. The summed E-state index contributed by atoms with van der Waals surface area (Å²) in [6, 6.07) is 0. The molecule has 8 heteroatoms. The van der Waals surface area contributed by atoms with Gasteiger partial charge in [-0.25, -0.2) is 4.98 Å². The first-order valence-corrected chi connectivity index (χ1v) is 6.65. The number of nitrogens with two attached hydrogens (primary N) is 2. The van der Waals surface area contributed by atoms with Crippen LogP contribution in [0, 0.1) is 0 Å². The summed E-state index contributed by atoms with van der Waals surface area (Å²) in [5.74, 6) is 0.460. The van der Waals surface area contributed by atoms with Crippen molar-refractivity contribution in [2.45, 2.75) is 23.5 Å². The molecule has 1 fully saturated rings. The first-order valence-electron chi connectivity index (χ1n) is 5.71. The molecule has 0 aromatic carbocycles. The summed E-state index contributed by atoms with van der Waals surface area (Å²) < 4.78 is 1.96. The summed E-state index contributed by atoms with van der Waals surface area (Å²) >= 11 is 1.73. The van der Waals surface area contributed by atoms with E-state index in [1.807, 2.05) is 4.57 Å². The Morgan fingerprint density at radius 2 is 2.22 bits per heavy atom. The van der Waals surface area contributed by atoms with Crippen molar-refractivity contribution in [3.05, 3.63) is 6.33 Å². The maximum Gasteiger partial charge on any atom is 0.224 e. The Labute approximate surface area is 108 Å². The number of aromatic nitrogens is 4. The van der Waals surface area contributed by atoms with Crippen molar-refractivity contribution in [3.63, 3.8) is 0 Å². The number of thioether (sulfide) groups is 1. The molecular formula is C10H14N6OS. The highest BCUT2D eigenvalue weighted by Gasteiger charge is 2.27. The molecule has 0 saturated carbocycles. The number of aliphatic hydroxyl groups is 1. The second-order valence-electron chi connectivity index (χ2n) is 4.26. The molecule has 3 heterocycles. The van der Waals surface area contributed by atoms with Gasteiger partial charge in [-0.2, -0.15) is 9.97 Å². The third-order valence-electron chi connectivity index (χ3n) is 3.06. The molecule has 7 nitrogen and oxygen atoms in total. The summed E-state index contributed by atoms with van der Waals surface area (Å²) in [5.41, 5.74) is 12.6. The average Bonchev–Trinajstić information content (AvgIpc) is 2.93. The van der Waals surface area contributed by atoms with Crippen LogP contribution in [0.25, 0.3) is 11.2 Å². The molecule has 0 unspecified atom stereocenters. The lowest BCUT2D eigenvalue weighted by atomic mass is 10.2. The van der Waals surface area contributed by atoms with E-state index in [2.05, 4.69) is 15.0 Å². The Morgan fingerprint density at radius 1 is 1.39 bits per heavy atom. The van der Waals surface area contributed by atoms with Gasteiger partial charge in [0.15, 0.2) is 11.5 Å². The zero-order valence-electron chi connectivity index (χ0n) is 9.65. The molecule has 2 aromatic rings. The molecule has 0 aliphatic carbocycles. The van der Waals surface area contributed by atoms with Gasteiger partial charge in [-0.1, -0.05) is 0 Å². The molecule has 2 aromatic heterocycles. The molecule has 5 N–H and O–H groups in total. The van der Waals surface area contributed by atoms with Crippen LogP contribution in [-0.4, -0.2) is 36.5 Å². The lowest BCUT2D eigenvalue weighted by Crippen LogP contribution is -2.06. The van der Waals surface area contributed by atoms with E-state index in [0.717, 1.165) is 12.8 Å². The number of nitrogen functional groups attached to an aromatic ring is 2. The number of nitrogens with zero attached hydrogens (tertiary/aromatic N) is 4. The zero-order chi connectivity index (χ0) is 12.7. The molecule has 0 radical (unpaired) electrons. The normalized spacial score (nSPS) is 23.8. The molecule has 1 aliphatic heterocycles. The molecule has 18 heavy (non-hydrogen) atoms. The fourth-order valence-corrected chi connectivity index (χ4v) is 3.55. The van der Waals surface area contributed by atoms with E-state index < -0.39 is 0 Å². The molecule has 3 rings (SSSR count). The first kappa shape index (κ1) is 11.5. The van der Waals surface area contributed by atoms with Crippen molar-refractivity contribution >= 4 is 34.7 Å². The summed E-state index contributed by atoms with van der Waals surface area (Å²) in [7, 11) is 0. The molecule has 0 spiro atoms. The third kappa shape index (κ3) is 1.77. The van der Waals surface area contributed by atoms with E-state index in [1.54, 1.807) is 18.1 Å². The van der Waals surface area contributed by atoms with Crippen LogP contribution in [0.5, 0.6) is 0 Å². The lowest BCUT2D eigenvalue weighted by Gasteiger charge is -2.12. The number of aliphatic hydroxyl groups excluding tert-OH is 1. The lowest BCUT2D eigenvalue weighted by molar-refractivity contribution is 0.292. The fourth-order valence-electron chi connectivity index (χ4n) is 2.19. The maximum absolute atomic E-state index is 9.17. The Morgan fingerprint density at radius 3 is 2.94 bits per heavy atom. The standard InChI is InChI=1S/C10H14N6OS/c11-8-7-9(15-10(12)14-8)16(4-13-7)6-2-1-5(3-17)18-6/h4-6,17H,1-3H2,(H4,11,12,14,15)/t5-,6-/m1/s1. The van der Waals surface area contributed by atoms with Crippen LogP contribution >= 0.6 is 11.8 Å². The van der Waals surface area contributed by atoms with E-state index in [9.17, 15) is 5.11 Å². The number of fused-ring (bicyclic) bond motifs is 1. The van der Waals surface area contributed by atoms with Crippen LogP contribution < -0.4 is 11.5 Å². The van der Waals surface area contributed by atoms with E-state index in [0.29, 0.717) is 17.0 Å². The highest BCUT2D eigenvalue weighted by molar-refractivity contribution is 8.00. The Balaban J connectivity index is 2.03. The van der Waals surface area contributed by atoms with Gasteiger partial charge in [-0.15, -0.1) is 11.8 Å². The van der Waals surface area contributed by atoms with Crippen molar-refractivity contribution in [3.8, 4) is 0 Å². The average molecular weight is 266 g/mol. The predicted molar refractivity (Wildman–Crippen MR) is 70.9 cm³/mol. The first-order chi connectivity index (χ1) is 8.69. The molecule has 0 bridgehead atoms. The Kier molecular flexibility index (Phi) is 2.75. The highest BCUT2D eigenvalue weighted by Crippen LogP contribution is 2.42. The van der Waals surface area contributed by atoms with Gasteiger partial charge < -0.3 is 21.1 Å². The molecule has 1 aliphatic rings. The summed E-state index contributed by atoms with van der Waals surface area (Å²) in [6.07, 6.45) is 3.68. The topological polar surface area (TPSA) is 116 Å². The summed E-state index contributed by atoms with van der Waals surface area (Å²) in [6.45, 7) is 0.201. The molecule has 2 atom stereocenters. The fraction of sp³-hybridized carbons (Fsp3) is 0.500. The number of imidazole rings is 1. The van der Waals surface area contributed by atoms with Gasteiger partial charge >= 0.3 is 0 Å². The van der Waals surface area contributed by atoms with Crippen molar-refractivity contribution in [2.75, 3.05) is 18.1 Å². The smallest absolute Gasteiger partial charge is 0.224 e. The number of hydrogen-bond acceptors (Lipinski definition) is 7. The van der Waals surface area contributed by atoms with Gasteiger partial charge in [0.2, 0.25) is 5.95 Å². The monoisotopic (exact) mass is 266 g/mol. The van der Waals surface area contributed by atoms with Crippen LogP contribution in [0.3, 0.4) is 0 Å². The maximum atomic E-state index is 9.17. The van der Waals surface area contributed by atoms with Crippen LogP contribution in [0.4, 0.5) is 11.8 Å². The second kappa shape index (κ2) is 4.29. The van der Waals surface area contributed by atoms with Gasteiger partial charge in [0, 0.05) is 5.25 Å². The van der Waals surface area contributed by atoms with E-state index >= 15 is 0 Å². The van der Waals surface area contributed by atoms with Crippen LogP contribution in [0.15, 0.2) is 6.33 Å². The van der Waals surface area contributed by atoms with Crippen LogP contribution in [0.2, 0.25) is 0 Å². The predicted octanol–water partition coefficient (Wildman–Crippen LogP) is 0.377. The van der Waals surface area contributed by atoms with E-state index in [-0.39, 0.29) is 23.2 Å². The van der Waals surface area contributed by atoms with Gasteiger partial charge in [-0.3, -0.25) is 0 Å². The minimum atomic E-state index is 0.156. The summed E-state index contributed by atoms with van der Waals surface area (Å²) in [5, 5.41) is 9.68. The van der Waals surface area contributed by atoms with E-state index in [1.165, 1.54) is 0 Å². The number of rotatable bonds is 2. The quantitative estimate of drug-likeness (QED) is 0.719. The highest BCUT2D eigenvalue weighted by atomic mass is 32.2. The van der Waals surface area contributed by atoms with Gasteiger partial charge in [-0.05, 0) is 12.8 Å². The van der Waals surface area contributed by atoms with Crippen molar-refractivity contribution < 1.29 is 5.11 Å². The zero-order valence-corrected chi connectivity index (χ0v) is 10.5. The SMILES string of the molecule is Nc1nc(N)c2ncn([C@H]3CC[C@H](CO)S3)c2n1. The molecule has 1 saturated heterocycles. The molecular weight excluding hydrogens is 252 g/mol. The third-order valence-corrected chi connectivity index (χ3v) is 4.61. The number of hydrogen-bond donors (Lipinski definition) is 3. The van der Waals surface area contributed by atoms with Gasteiger partial charge in [0.1, 0.15) is 5.52 Å². The van der Waals surface area contributed by atoms with Crippen molar-refractivity contribution in [2.24, 2.45) is 0 Å². The summed E-state index contributed by atoms with van der Waals surface area (Å²) in [4.78, 5) is 12.3. The van der Waals surface area contributed by atoms with Gasteiger partial charge in [0.05, 0.1) is 18.3 Å². The Hall–Kier alpha value is -1.54. The molecule has 96 valence electrons. The Bertz CT molecular complexity index is 585. The van der Waals surface area contributed by atoms with Crippen molar-refractivity contribution in [1.29, 1.82) is 0 Å².